The Bertz CT molecular complexity index is 1330. The highest BCUT2D eigenvalue weighted by molar-refractivity contribution is 7.89. The fourth-order valence-electron chi connectivity index (χ4n) is 3.59. The molecule has 4 rings (SSSR count). The lowest BCUT2D eigenvalue weighted by Gasteiger charge is -2.12. The summed E-state index contributed by atoms with van der Waals surface area (Å²) in [6.07, 6.45) is 2.45. The number of carbonyl (C=O) groups is 2. The zero-order valence-corrected chi connectivity index (χ0v) is 19.5. The molecule has 2 atom stereocenters. The van der Waals surface area contributed by atoms with Gasteiger partial charge in [-0.2, -0.15) is 0 Å². The number of sulfonamides is 1. The Balaban J connectivity index is 1.45. The van der Waals surface area contributed by atoms with Gasteiger partial charge in [-0.05, 0) is 47.0 Å². The van der Waals surface area contributed by atoms with Crippen molar-refractivity contribution in [1.82, 2.24) is 20.3 Å². The molecule has 3 N–H and O–H groups in total. The van der Waals surface area contributed by atoms with Gasteiger partial charge in [0.2, 0.25) is 15.9 Å². The van der Waals surface area contributed by atoms with Crippen LogP contribution in [0.3, 0.4) is 0 Å². The van der Waals surface area contributed by atoms with Gasteiger partial charge in [-0.25, -0.2) is 22.3 Å². The molecule has 1 aliphatic heterocycles. The molecule has 0 aliphatic carbocycles. The van der Waals surface area contributed by atoms with Crippen LogP contribution in [-0.2, 0) is 30.9 Å². The normalized spacial score (nSPS) is 17.7. The minimum atomic E-state index is -3.76. The van der Waals surface area contributed by atoms with Gasteiger partial charge in [-0.3, -0.25) is 15.1 Å². The first-order valence-corrected chi connectivity index (χ1v) is 12.2. The standard InChI is InChI=1S/C24H23FN4O5S/c1-15(30)27-14-22-29-23(24(31)34-22)18-4-7-20(21(25)12-18)17-2-5-19(6-3-17)35(32,33)28-13-16-8-10-26-11-9-16/h2-12,22-23,28-29H,13-14H2,1H3,(H,27,30)/t22-,23?/m0/s1. The smallest absolute Gasteiger partial charge is 0.329 e. The van der Waals surface area contributed by atoms with E-state index in [1.807, 2.05) is 0 Å². The molecule has 0 radical (unpaired) electrons. The number of ether oxygens (including phenoxy) is 1. The molecule has 1 fully saturated rings. The lowest BCUT2D eigenvalue weighted by Crippen LogP contribution is -2.37. The first-order valence-electron chi connectivity index (χ1n) is 10.7. The molecule has 2 aromatic carbocycles. The van der Waals surface area contributed by atoms with Crippen LogP contribution in [0.2, 0.25) is 0 Å². The van der Waals surface area contributed by atoms with Crippen molar-refractivity contribution in [3.8, 4) is 11.1 Å². The molecule has 1 unspecified atom stereocenters. The Morgan fingerprint density at radius 1 is 1.11 bits per heavy atom. The molecule has 2 heterocycles. The van der Waals surface area contributed by atoms with Crippen LogP contribution in [0.4, 0.5) is 4.39 Å². The number of hydrogen-bond acceptors (Lipinski definition) is 7. The summed E-state index contributed by atoms with van der Waals surface area (Å²) in [6.45, 7) is 1.57. The van der Waals surface area contributed by atoms with Crippen LogP contribution >= 0.6 is 0 Å². The molecule has 35 heavy (non-hydrogen) atoms. The Morgan fingerprint density at radius 3 is 2.49 bits per heavy atom. The van der Waals surface area contributed by atoms with Crippen LogP contribution < -0.4 is 15.4 Å². The predicted octanol–water partition coefficient (Wildman–Crippen LogP) is 2.02. The number of benzene rings is 2. The fourth-order valence-corrected chi connectivity index (χ4v) is 4.60. The molecule has 3 aromatic rings. The maximum absolute atomic E-state index is 14.9. The SMILES string of the molecule is CC(=O)NC[C@H]1NC(c2ccc(-c3ccc(S(=O)(=O)NCc4ccncc4)cc3)c(F)c2)C(=O)O1. The molecule has 11 heteroatoms. The van der Waals surface area contributed by atoms with E-state index >= 15 is 0 Å². The fraction of sp³-hybridized carbons (Fsp3) is 0.208. The third kappa shape index (κ3) is 5.88. The molecule has 182 valence electrons. The molecule has 0 spiro atoms. The molecule has 1 aromatic heterocycles. The Morgan fingerprint density at radius 2 is 1.83 bits per heavy atom. The van der Waals surface area contributed by atoms with Gasteiger partial charge in [0.05, 0.1) is 11.4 Å². The number of cyclic esters (lactones) is 1. The monoisotopic (exact) mass is 498 g/mol. The summed E-state index contributed by atoms with van der Waals surface area (Å²) in [5.41, 5.74) is 1.88. The second-order valence-electron chi connectivity index (χ2n) is 7.91. The number of hydrogen-bond donors (Lipinski definition) is 3. The number of nitrogens with one attached hydrogen (secondary N) is 3. The van der Waals surface area contributed by atoms with E-state index in [2.05, 4.69) is 20.3 Å². The van der Waals surface area contributed by atoms with E-state index in [4.69, 9.17) is 4.74 Å². The van der Waals surface area contributed by atoms with Crippen molar-refractivity contribution in [3.05, 3.63) is 83.9 Å². The zero-order chi connectivity index (χ0) is 25.0. The summed E-state index contributed by atoms with van der Waals surface area (Å²) in [4.78, 5) is 27.2. The van der Waals surface area contributed by atoms with Gasteiger partial charge in [-0.15, -0.1) is 0 Å². The number of rotatable bonds is 8. The van der Waals surface area contributed by atoms with E-state index in [1.54, 1.807) is 30.6 Å². The van der Waals surface area contributed by atoms with Gasteiger partial charge < -0.3 is 10.1 Å². The molecule has 0 bridgehead atoms. The van der Waals surface area contributed by atoms with Crippen LogP contribution in [-0.4, -0.2) is 38.1 Å². The minimum absolute atomic E-state index is 0.0513. The van der Waals surface area contributed by atoms with Crippen molar-refractivity contribution in [2.75, 3.05) is 6.54 Å². The van der Waals surface area contributed by atoms with Crippen molar-refractivity contribution >= 4 is 21.9 Å². The van der Waals surface area contributed by atoms with E-state index in [0.717, 1.165) is 5.56 Å². The molecular formula is C24H23FN4O5S. The number of carbonyl (C=O) groups excluding carboxylic acids is 2. The van der Waals surface area contributed by atoms with Crippen molar-refractivity contribution in [1.29, 1.82) is 0 Å². The number of pyridine rings is 1. The first-order chi connectivity index (χ1) is 16.7. The minimum Gasteiger partial charge on any atom is -0.443 e. The number of esters is 1. The van der Waals surface area contributed by atoms with E-state index in [9.17, 15) is 22.4 Å². The van der Waals surface area contributed by atoms with E-state index in [0.29, 0.717) is 11.1 Å². The summed E-state index contributed by atoms with van der Waals surface area (Å²) in [7, 11) is -3.76. The maximum atomic E-state index is 14.9. The molecule has 1 saturated heterocycles. The summed E-state index contributed by atoms with van der Waals surface area (Å²) in [5, 5.41) is 5.47. The number of amides is 1. The lowest BCUT2D eigenvalue weighted by molar-refractivity contribution is -0.142. The zero-order valence-electron chi connectivity index (χ0n) is 18.7. The number of nitrogens with zero attached hydrogens (tertiary/aromatic N) is 1. The van der Waals surface area contributed by atoms with Crippen molar-refractivity contribution in [3.63, 3.8) is 0 Å². The second kappa shape index (κ2) is 10.3. The Labute approximate surface area is 201 Å². The highest BCUT2D eigenvalue weighted by Crippen LogP contribution is 2.29. The lowest BCUT2D eigenvalue weighted by atomic mass is 10.00. The highest BCUT2D eigenvalue weighted by atomic mass is 32.2. The van der Waals surface area contributed by atoms with Crippen LogP contribution in [0.25, 0.3) is 11.1 Å². The van der Waals surface area contributed by atoms with E-state index in [-0.39, 0.29) is 29.5 Å². The van der Waals surface area contributed by atoms with E-state index in [1.165, 1.54) is 43.3 Å². The summed E-state index contributed by atoms with van der Waals surface area (Å²) >= 11 is 0. The van der Waals surface area contributed by atoms with Gasteiger partial charge in [-0.1, -0.05) is 24.3 Å². The van der Waals surface area contributed by atoms with Crippen LogP contribution in [0.1, 0.15) is 24.1 Å². The van der Waals surface area contributed by atoms with E-state index < -0.39 is 34.1 Å². The topological polar surface area (TPSA) is 126 Å². The average molecular weight is 499 g/mol. The van der Waals surface area contributed by atoms with Gasteiger partial charge in [0.15, 0.2) is 6.23 Å². The Hall–Kier alpha value is -3.67. The number of halogens is 1. The third-order valence-corrected chi connectivity index (χ3v) is 6.82. The summed E-state index contributed by atoms with van der Waals surface area (Å²) in [5.74, 6) is -1.40. The van der Waals surface area contributed by atoms with Gasteiger partial charge in [0.1, 0.15) is 11.9 Å². The van der Waals surface area contributed by atoms with Crippen LogP contribution in [0.15, 0.2) is 71.9 Å². The Kier molecular flexibility index (Phi) is 7.20. The average Bonchev–Trinajstić information content (AvgIpc) is 3.23. The second-order valence-corrected chi connectivity index (χ2v) is 9.67. The first kappa shape index (κ1) is 24.5. The summed E-state index contributed by atoms with van der Waals surface area (Å²) < 4.78 is 47.8. The van der Waals surface area contributed by atoms with Gasteiger partial charge in [0.25, 0.3) is 0 Å². The van der Waals surface area contributed by atoms with Crippen LogP contribution in [0, 0.1) is 5.82 Å². The van der Waals surface area contributed by atoms with Gasteiger partial charge >= 0.3 is 5.97 Å². The molecular weight excluding hydrogens is 475 g/mol. The largest absolute Gasteiger partial charge is 0.443 e. The van der Waals surface area contributed by atoms with Gasteiger partial charge in [0, 0.05) is 31.4 Å². The van der Waals surface area contributed by atoms with Crippen molar-refractivity contribution in [2.24, 2.45) is 0 Å². The maximum Gasteiger partial charge on any atom is 0.329 e. The van der Waals surface area contributed by atoms with Crippen LogP contribution in [0.5, 0.6) is 0 Å². The molecule has 9 nitrogen and oxygen atoms in total. The van der Waals surface area contributed by atoms with Crippen molar-refractivity contribution < 1.29 is 27.1 Å². The van der Waals surface area contributed by atoms with Crippen molar-refractivity contribution in [2.45, 2.75) is 30.6 Å². The quantitative estimate of drug-likeness (QED) is 0.406. The molecule has 0 saturated carbocycles. The highest BCUT2D eigenvalue weighted by Gasteiger charge is 2.35. The summed E-state index contributed by atoms with van der Waals surface area (Å²) in [6, 6.07) is 12.7. The number of aromatic nitrogens is 1. The predicted molar refractivity (Wildman–Crippen MR) is 125 cm³/mol. The third-order valence-electron chi connectivity index (χ3n) is 5.40. The molecule has 1 aliphatic rings. The molecule has 1 amide bonds.